The van der Waals surface area contributed by atoms with Crippen LogP contribution in [0, 0.1) is 16.7 Å². The zero-order valence-corrected chi connectivity index (χ0v) is 17.4. The van der Waals surface area contributed by atoms with E-state index in [1.54, 1.807) is 24.3 Å². The molecule has 2 unspecified atom stereocenters. The van der Waals surface area contributed by atoms with Crippen LogP contribution in [-0.2, 0) is 14.8 Å². The molecule has 6 nitrogen and oxygen atoms in total. The third-order valence-corrected chi connectivity index (χ3v) is 8.17. The minimum Gasteiger partial charge on any atom is -0.299 e. The van der Waals surface area contributed by atoms with Crippen LogP contribution in [0.5, 0.6) is 0 Å². The Kier molecular flexibility index (Phi) is 4.81. The Morgan fingerprint density at radius 2 is 1.62 bits per heavy atom. The van der Waals surface area contributed by atoms with E-state index in [0.717, 1.165) is 12.1 Å². The summed E-state index contributed by atoms with van der Waals surface area (Å²) >= 11 is 0. The van der Waals surface area contributed by atoms with E-state index < -0.39 is 15.4 Å². The van der Waals surface area contributed by atoms with Gasteiger partial charge in [-0.2, -0.15) is 10.2 Å². The summed E-state index contributed by atoms with van der Waals surface area (Å²) < 4.78 is 28.4. The van der Waals surface area contributed by atoms with Gasteiger partial charge in [-0.25, -0.2) is 8.42 Å². The number of azo groups is 1. The zero-order valence-electron chi connectivity index (χ0n) is 16.6. The summed E-state index contributed by atoms with van der Waals surface area (Å²) in [6, 6.07) is 16.1. The van der Waals surface area contributed by atoms with Crippen molar-refractivity contribution >= 4 is 32.9 Å². The molecule has 2 bridgehead atoms. The highest BCUT2D eigenvalue weighted by Crippen LogP contribution is 2.64. The van der Waals surface area contributed by atoms with Gasteiger partial charge in [0.25, 0.3) is 0 Å². The highest BCUT2D eigenvalue weighted by Gasteiger charge is 2.65. The second-order valence-electron chi connectivity index (χ2n) is 8.61. The predicted octanol–water partition coefficient (Wildman–Crippen LogP) is 5.24. The SMILES string of the molecule is CC1(C)C2CCC1(CS(=O)(=O)Nc1ccc(N=Nc3ccccc3)cc1)C(=O)C2. The monoisotopic (exact) mass is 411 g/mol. The van der Waals surface area contributed by atoms with Crippen molar-refractivity contribution in [3.05, 3.63) is 54.6 Å². The molecule has 2 aromatic carbocycles. The summed E-state index contributed by atoms with van der Waals surface area (Å²) in [5, 5.41) is 8.31. The first-order valence-corrected chi connectivity index (χ1v) is 11.5. The lowest BCUT2D eigenvalue weighted by atomic mass is 9.70. The molecule has 0 spiro atoms. The molecule has 2 aromatic rings. The number of ketones is 1. The first kappa shape index (κ1) is 19.8. The number of benzene rings is 2. The van der Waals surface area contributed by atoms with Gasteiger partial charge in [-0.15, -0.1) is 0 Å². The molecule has 4 rings (SSSR count). The Labute approximate surface area is 171 Å². The van der Waals surface area contributed by atoms with Crippen molar-refractivity contribution in [1.82, 2.24) is 0 Å². The number of nitrogens with one attached hydrogen (secondary N) is 1. The Bertz CT molecular complexity index is 1050. The molecular weight excluding hydrogens is 386 g/mol. The summed E-state index contributed by atoms with van der Waals surface area (Å²) in [5.74, 6) is 0.234. The van der Waals surface area contributed by atoms with Crippen molar-refractivity contribution in [1.29, 1.82) is 0 Å². The number of fused-ring (bicyclic) bond motifs is 2. The summed E-state index contributed by atoms with van der Waals surface area (Å²) in [6.07, 6.45) is 2.09. The van der Waals surface area contributed by atoms with Crippen LogP contribution < -0.4 is 4.72 Å². The largest absolute Gasteiger partial charge is 0.299 e. The standard InChI is InChI=1S/C22H25N3O3S/c1-21(2)16-12-13-22(21,20(26)14-16)15-29(27,28)25-19-10-8-18(9-11-19)24-23-17-6-4-3-5-7-17/h3-11,16,25H,12-15H2,1-2H3. The van der Waals surface area contributed by atoms with Gasteiger partial charge in [0.15, 0.2) is 0 Å². The quantitative estimate of drug-likeness (QED) is 0.659. The van der Waals surface area contributed by atoms with Gasteiger partial charge < -0.3 is 0 Å². The van der Waals surface area contributed by atoms with Gasteiger partial charge in [-0.1, -0.05) is 32.0 Å². The number of Topliss-reactive ketones (excluding diaryl/α,β-unsaturated/α-hetero) is 1. The van der Waals surface area contributed by atoms with Crippen molar-refractivity contribution in [2.24, 2.45) is 27.0 Å². The van der Waals surface area contributed by atoms with E-state index in [4.69, 9.17) is 0 Å². The first-order chi connectivity index (χ1) is 13.7. The van der Waals surface area contributed by atoms with Crippen molar-refractivity contribution in [2.45, 2.75) is 33.1 Å². The second-order valence-corrected chi connectivity index (χ2v) is 10.3. The van der Waals surface area contributed by atoms with Gasteiger partial charge in [0.05, 0.1) is 22.5 Å². The minimum atomic E-state index is -3.66. The lowest BCUT2D eigenvalue weighted by Gasteiger charge is -2.36. The van der Waals surface area contributed by atoms with E-state index in [1.165, 1.54) is 0 Å². The fraction of sp³-hybridized carbons (Fsp3) is 0.409. The topological polar surface area (TPSA) is 88.0 Å². The van der Waals surface area contributed by atoms with Crippen LogP contribution in [-0.4, -0.2) is 20.0 Å². The van der Waals surface area contributed by atoms with Crippen LogP contribution in [0.3, 0.4) is 0 Å². The van der Waals surface area contributed by atoms with Crippen molar-refractivity contribution in [3.63, 3.8) is 0 Å². The highest BCUT2D eigenvalue weighted by atomic mass is 32.2. The molecule has 2 aliphatic rings. The Morgan fingerprint density at radius 1 is 1.00 bits per heavy atom. The third kappa shape index (κ3) is 3.59. The number of anilines is 1. The Hall–Kier alpha value is -2.54. The van der Waals surface area contributed by atoms with Crippen molar-refractivity contribution in [2.75, 3.05) is 10.5 Å². The van der Waals surface area contributed by atoms with Crippen LogP contribution >= 0.6 is 0 Å². The maximum Gasteiger partial charge on any atom is 0.233 e. The number of hydrogen-bond acceptors (Lipinski definition) is 5. The van der Waals surface area contributed by atoms with E-state index in [1.807, 2.05) is 44.2 Å². The Morgan fingerprint density at radius 3 is 2.17 bits per heavy atom. The number of rotatable bonds is 6. The molecule has 0 amide bonds. The molecule has 2 fully saturated rings. The molecule has 2 aliphatic carbocycles. The molecule has 152 valence electrons. The van der Waals surface area contributed by atoms with Crippen LogP contribution in [0.25, 0.3) is 0 Å². The number of carbonyl (C=O) groups excluding carboxylic acids is 1. The molecule has 0 saturated heterocycles. The molecule has 7 heteroatoms. The van der Waals surface area contributed by atoms with Gasteiger partial charge in [0.1, 0.15) is 5.78 Å². The van der Waals surface area contributed by atoms with Crippen molar-refractivity contribution in [3.8, 4) is 0 Å². The maximum absolute atomic E-state index is 12.9. The zero-order chi connectivity index (χ0) is 20.7. The summed E-state index contributed by atoms with van der Waals surface area (Å²) in [6.45, 7) is 4.08. The predicted molar refractivity (Wildman–Crippen MR) is 113 cm³/mol. The first-order valence-electron chi connectivity index (χ1n) is 9.83. The fourth-order valence-corrected chi connectivity index (χ4v) is 6.75. The third-order valence-electron chi connectivity index (χ3n) is 6.75. The van der Waals surface area contributed by atoms with E-state index in [-0.39, 0.29) is 17.0 Å². The molecule has 0 heterocycles. The number of hydrogen-bond donors (Lipinski definition) is 1. The normalized spacial score (nSPS) is 25.6. The average Bonchev–Trinajstić information content (AvgIpc) is 3.02. The van der Waals surface area contributed by atoms with E-state index in [2.05, 4.69) is 15.0 Å². The molecular formula is C22H25N3O3S. The summed E-state index contributed by atoms with van der Waals surface area (Å²) in [7, 11) is -3.66. The van der Waals surface area contributed by atoms with Crippen LogP contribution in [0.15, 0.2) is 64.8 Å². The minimum absolute atomic E-state index is 0.0980. The fourth-order valence-electron chi connectivity index (χ4n) is 4.85. The number of nitrogens with zero attached hydrogens (tertiary/aromatic N) is 2. The molecule has 1 N–H and O–H groups in total. The average molecular weight is 412 g/mol. The van der Waals surface area contributed by atoms with Gasteiger partial charge in [-0.05, 0) is 60.6 Å². The van der Waals surface area contributed by atoms with Gasteiger partial charge in [0, 0.05) is 12.1 Å². The second kappa shape index (κ2) is 7.06. The van der Waals surface area contributed by atoms with Gasteiger partial charge >= 0.3 is 0 Å². The van der Waals surface area contributed by atoms with Crippen LogP contribution in [0.1, 0.15) is 33.1 Å². The van der Waals surface area contributed by atoms with E-state index >= 15 is 0 Å². The summed E-state index contributed by atoms with van der Waals surface area (Å²) in [5.41, 5.74) is 0.780. The van der Waals surface area contributed by atoms with Crippen LogP contribution in [0.4, 0.5) is 17.1 Å². The highest BCUT2D eigenvalue weighted by molar-refractivity contribution is 7.92. The van der Waals surface area contributed by atoms with Gasteiger partial charge in [0.2, 0.25) is 10.0 Å². The summed E-state index contributed by atoms with van der Waals surface area (Å²) in [4.78, 5) is 12.6. The molecule has 0 aromatic heterocycles. The molecule has 2 atom stereocenters. The number of sulfonamides is 1. The Balaban J connectivity index is 1.46. The molecule has 0 radical (unpaired) electrons. The molecule has 29 heavy (non-hydrogen) atoms. The molecule has 2 saturated carbocycles. The lowest BCUT2D eigenvalue weighted by molar-refractivity contribution is -0.128. The van der Waals surface area contributed by atoms with Gasteiger partial charge in [-0.3, -0.25) is 9.52 Å². The smallest absolute Gasteiger partial charge is 0.233 e. The lowest BCUT2D eigenvalue weighted by Crippen LogP contribution is -2.43. The van der Waals surface area contributed by atoms with Crippen LogP contribution in [0.2, 0.25) is 0 Å². The number of carbonyl (C=O) groups is 1. The molecule has 0 aliphatic heterocycles. The maximum atomic E-state index is 12.9. The van der Waals surface area contributed by atoms with E-state index in [0.29, 0.717) is 30.1 Å². The van der Waals surface area contributed by atoms with E-state index in [9.17, 15) is 13.2 Å². The van der Waals surface area contributed by atoms with Crippen molar-refractivity contribution < 1.29 is 13.2 Å².